The third-order valence-corrected chi connectivity index (χ3v) is 5.45. The number of carbonyl (C=O) groups excluding carboxylic acids is 2. The molecule has 0 bridgehead atoms. The smallest absolute Gasteiger partial charge is 0.250 e. The fraction of sp³-hybridized carbons (Fsp3) is 0.143. The highest BCUT2D eigenvalue weighted by atomic mass is 32.2. The van der Waals surface area contributed by atoms with E-state index in [0.29, 0.717) is 11.4 Å². The van der Waals surface area contributed by atoms with Crippen LogP contribution in [0.15, 0.2) is 46.0 Å². The number of hydrogen-bond donors (Lipinski definition) is 3. The van der Waals surface area contributed by atoms with Crippen LogP contribution in [0.2, 0.25) is 0 Å². The average Bonchev–Trinajstić information content (AvgIpc) is 3.00. The summed E-state index contributed by atoms with van der Waals surface area (Å²) < 4.78 is 26.2. The number of thiophene rings is 1. The first kappa shape index (κ1) is 17.1. The molecular formula is C14H15N3O4S2. The molecule has 0 atom stereocenters. The van der Waals surface area contributed by atoms with Gasteiger partial charge in [-0.2, -0.15) is 0 Å². The van der Waals surface area contributed by atoms with Crippen LogP contribution in [0.3, 0.4) is 0 Å². The Labute approximate surface area is 137 Å². The van der Waals surface area contributed by atoms with Gasteiger partial charge in [0, 0.05) is 18.3 Å². The molecule has 1 aromatic carbocycles. The molecule has 0 saturated heterocycles. The van der Waals surface area contributed by atoms with E-state index in [1.54, 1.807) is 35.7 Å². The van der Waals surface area contributed by atoms with Crippen molar-refractivity contribution >= 4 is 44.5 Å². The maximum absolute atomic E-state index is 11.9. The quantitative estimate of drug-likeness (QED) is 0.734. The molecular weight excluding hydrogens is 338 g/mol. The summed E-state index contributed by atoms with van der Waals surface area (Å²) in [5.41, 5.74) is 0.992. The van der Waals surface area contributed by atoms with E-state index >= 15 is 0 Å². The maximum Gasteiger partial charge on any atom is 0.250 e. The lowest BCUT2D eigenvalue weighted by Gasteiger charge is -2.08. The predicted molar refractivity (Wildman–Crippen MR) is 88.9 cm³/mol. The number of carbonyl (C=O) groups is 2. The number of anilines is 2. The Balaban J connectivity index is 1.94. The van der Waals surface area contributed by atoms with Crippen molar-refractivity contribution in [2.24, 2.45) is 0 Å². The van der Waals surface area contributed by atoms with E-state index in [4.69, 9.17) is 0 Å². The summed E-state index contributed by atoms with van der Waals surface area (Å²) in [5.74, 6) is -0.734. The van der Waals surface area contributed by atoms with Crippen molar-refractivity contribution in [2.75, 3.05) is 17.2 Å². The van der Waals surface area contributed by atoms with Crippen LogP contribution in [-0.2, 0) is 19.6 Å². The van der Waals surface area contributed by atoms with Crippen molar-refractivity contribution in [1.29, 1.82) is 0 Å². The van der Waals surface area contributed by atoms with Crippen molar-refractivity contribution in [3.05, 3.63) is 41.8 Å². The van der Waals surface area contributed by atoms with E-state index in [-0.39, 0.29) is 16.7 Å². The fourth-order valence-electron chi connectivity index (χ4n) is 1.73. The minimum Gasteiger partial charge on any atom is -0.326 e. The monoisotopic (exact) mass is 353 g/mol. The van der Waals surface area contributed by atoms with Crippen molar-refractivity contribution in [1.82, 2.24) is 4.72 Å². The topological polar surface area (TPSA) is 104 Å². The predicted octanol–water partition coefficient (Wildman–Crippen LogP) is 1.62. The van der Waals surface area contributed by atoms with Gasteiger partial charge in [-0.25, -0.2) is 13.1 Å². The summed E-state index contributed by atoms with van der Waals surface area (Å²) in [4.78, 5) is 22.8. The zero-order valence-corrected chi connectivity index (χ0v) is 13.8. The Bertz CT molecular complexity index is 801. The molecule has 122 valence electrons. The van der Waals surface area contributed by atoms with E-state index < -0.39 is 15.9 Å². The molecule has 0 unspecified atom stereocenters. The van der Waals surface area contributed by atoms with Crippen LogP contribution < -0.4 is 15.4 Å². The lowest BCUT2D eigenvalue weighted by molar-refractivity contribution is -0.115. The number of amides is 2. The molecule has 0 aliphatic carbocycles. The van der Waals surface area contributed by atoms with E-state index in [1.807, 2.05) is 0 Å². The Morgan fingerprint density at radius 2 is 1.78 bits per heavy atom. The molecule has 2 rings (SSSR count). The Morgan fingerprint density at radius 1 is 1.09 bits per heavy atom. The van der Waals surface area contributed by atoms with Gasteiger partial charge >= 0.3 is 0 Å². The molecule has 1 heterocycles. The van der Waals surface area contributed by atoms with E-state index in [0.717, 1.165) is 11.3 Å². The van der Waals surface area contributed by atoms with Crippen LogP contribution in [0.5, 0.6) is 0 Å². The zero-order chi connectivity index (χ0) is 16.9. The highest BCUT2D eigenvalue weighted by Gasteiger charge is 2.16. The lowest BCUT2D eigenvalue weighted by Crippen LogP contribution is -2.32. The number of rotatable bonds is 6. The van der Waals surface area contributed by atoms with Gasteiger partial charge in [0.2, 0.25) is 11.8 Å². The van der Waals surface area contributed by atoms with Crippen molar-refractivity contribution < 1.29 is 18.0 Å². The first-order valence-corrected chi connectivity index (χ1v) is 8.94. The van der Waals surface area contributed by atoms with Crippen LogP contribution in [0.4, 0.5) is 11.4 Å². The van der Waals surface area contributed by atoms with Gasteiger partial charge in [-0.3, -0.25) is 9.59 Å². The Morgan fingerprint density at radius 3 is 2.39 bits per heavy atom. The highest BCUT2D eigenvalue weighted by molar-refractivity contribution is 7.91. The van der Waals surface area contributed by atoms with Crippen LogP contribution in [0.1, 0.15) is 6.92 Å². The molecule has 0 fully saturated rings. The van der Waals surface area contributed by atoms with Gasteiger partial charge in [0.05, 0.1) is 6.54 Å². The summed E-state index contributed by atoms with van der Waals surface area (Å²) in [6.45, 7) is 0.995. The first-order chi connectivity index (χ1) is 10.9. The van der Waals surface area contributed by atoms with E-state index in [2.05, 4.69) is 15.4 Å². The van der Waals surface area contributed by atoms with Crippen LogP contribution >= 0.6 is 11.3 Å². The Hall–Kier alpha value is -2.23. The largest absolute Gasteiger partial charge is 0.326 e. The third kappa shape index (κ3) is 5.16. The van der Waals surface area contributed by atoms with Gasteiger partial charge in [0.1, 0.15) is 4.21 Å². The molecule has 7 nitrogen and oxygen atoms in total. The van der Waals surface area contributed by atoms with Gasteiger partial charge in [-0.1, -0.05) is 12.1 Å². The minimum atomic E-state index is -3.68. The molecule has 0 saturated carbocycles. The number of benzene rings is 1. The number of nitrogens with one attached hydrogen (secondary N) is 3. The second-order valence-corrected chi connectivity index (χ2v) is 7.51. The molecule has 2 amide bonds. The fourth-order valence-corrected chi connectivity index (χ4v) is 3.75. The summed E-state index contributed by atoms with van der Waals surface area (Å²) in [5, 5.41) is 6.79. The number of hydrogen-bond acceptors (Lipinski definition) is 5. The standard InChI is InChI=1S/C14H15N3O4S2/c1-10(18)16-11-4-2-5-12(8-11)17-13(19)9-15-23(20,21)14-6-3-7-22-14/h2-8,15H,9H2,1H3,(H,16,18)(H,17,19). The van der Waals surface area contributed by atoms with Crippen molar-refractivity contribution in [2.45, 2.75) is 11.1 Å². The van der Waals surface area contributed by atoms with Gasteiger partial charge in [0.25, 0.3) is 10.0 Å². The molecule has 0 radical (unpaired) electrons. The van der Waals surface area contributed by atoms with Crippen LogP contribution in [-0.4, -0.2) is 26.8 Å². The summed E-state index contributed by atoms with van der Waals surface area (Å²) >= 11 is 1.07. The normalized spacial score (nSPS) is 11.0. The molecule has 0 spiro atoms. The van der Waals surface area contributed by atoms with Gasteiger partial charge in [-0.15, -0.1) is 11.3 Å². The first-order valence-electron chi connectivity index (χ1n) is 6.57. The highest BCUT2D eigenvalue weighted by Crippen LogP contribution is 2.16. The summed E-state index contributed by atoms with van der Waals surface area (Å²) in [6, 6.07) is 9.63. The van der Waals surface area contributed by atoms with Gasteiger partial charge < -0.3 is 10.6 Å². The maximum atomic E-state index is 11.9. The van der Waals surface area contributed by atoms with E-state index in [9.17, 15) is 18.0 Å². The SMILES string of the molecule is CC(=O)Nc1cccc(NC(=O)CNS(=O)(=O)c2cccs2)c1. The number of sulfonamides is 1. The molecule has 0 aliphatic heterocycles. The minimum absolute atomic E-state index is 0.151. The Kier molecular flexibility index (Phi) is 5.48. The van der Waals surface area contributed by atoms with Crippen molar-refractivity contribution in [3.63, 3.8) is 0 Å². The van der Waals surface area contributed by atoms with E-state index in [1.165, 1.54) is 13.0 Å². The van der Waals surface area contributed by atoms with Gasteiger partial charge in [-0.05, 0) is 29.6 Å². The zero-order valence-electron chi connectivity index (χ0n) is 12.2. The second-order valence-electron chi connectivity index (χ2n) is 4.57. The van der Waals surface area contributed by atoms with Crippen LogP contribution in [0.25, 0.3) is 0 Å². The molecule has 3 N–H and O–H groups in total. The molecule has 23 heavy (non-hydrogen) atoms. The summed E-state index contributed by atoms with van der Waals surface area (Å²) in [7, 11) is -3.68. The third-order valence-electron chi connectivity index (χ3n) is 2.65. The molecule has 1 aromatic heterocycles. The molecule has 9 heteroatoms. The van der Waals surface area contributed by atoms with Crippen LogP contribution in [0, 0.1) is 0 Å². The second kappa shape index (κ2) is 7.36. The average molecular weight is 353 g/mol. The molecule has 0 aliphatic rings. The summed E-state index contributed by atoms with van der Waals surface area (Å²) in [6.07, 6.45) is 0. The van der Waals surface area contributed by atoms with Gasteiger partial charge in [0.15, 0.2) is 0 Å². The lowest BCUT2D eigenvalue weighted by atomic mass is 10.2. The van der Waals surface area contributed by atoms with Crippen molar-refractivity contribution in [3.8, 4) is 0 Å². The molecule has 2 aromatic rings.